The van der Waals surface area contributed by atoms with Gasteiger partial charge in [0.2, 0.25) is 0 Å². The Morgan fingerprint density at radius 1 is 1.11 bits per heavy atom. The number of aromatic nitrogens is 1. The third kappa shape index (κ3) is 3.83. The largest absolute Gasteiger partial charge is 0.383 e. The molecule has 0 bridgehead atoms. The number of halogens is 2. The summed E-state index contributed by atoms with van der Waals surface area (Å²) in [5.41, 5.74) is 14.0. The summed E-state index contributed by atoms with van der Waals surface area (Å²) in [5.74, 6) is 0.534. The molecule has 5 heteroatoms. The monoisotopic (exact) mass is 295 g/mol. The molecule has 100 valence electrons. The minimum atomic E-state index is -0.0382. The second-order valence-corrected chi connectivity index (χ2v) is 5.28. The standard InChI is InChI=1S/C14H15Cl2N3/c15-12-4-3-9(7-13(12)16)6-11(17)8-10-2-1-5-19-14(10)18/h1-5,7,11H,6,8,17H2,(H2,18,19). The number of benzene rings is 1. The van der Waals surface area contributed by atoms with Gasteiger partial charge in [0.1, 0.15) is 5.82 Å². The molecule has 0 saturated carbocycles. The van der Waals surface area contributed by atoms with E-state index in [-0.39, 0.29) is 6.04 Å². The van der Waals surface area contributed by atoms with Gasteiger partial charge in [-0.1, -0.05) is 35.3 Å². The lowest BCUT2D eigenvalue weighted by molar-refractivity contribution is 0.664. The Morgan fingerprint density at radius 2 is 1.89 bits per heavy atom. The zero-order chi connectivity index (χ0) is 13.8. The topological polar surface area (TPSA) is 64.9 Å². The van der Waals surface area contributed by atoms with Crippen LogP contribution in [-0.4, -0.2) is 11.0 Å². The predicted molar refractivity (Wildman–Crippen MR) is 80.5 cm³/mol. The average Bonchev–Trinajstić information content (AvgIpc) is 2.37. The first-order valence-corrected chi connectivity index (χ1v) is 6.70. The van der Waals surface area contributed by atoms with Crippen LogP contribution in [0, 0.1) is 0 Å². The van der Waals surface area contributed by atoms with Gasteiger partial charge in [-0.2, -0.15) is 0 Å². The van der Waals surface area contributed by atoms with Crippen molar-refractivity contribution >= 4 is 29.0 Å². The molecule has 1 aromatic carbocycles. The van der Waals surface area contributed by atoms with Crippen LogP contribution in [0.15, 0.2) is 36.5 Å². The first-order chi connectivity index (χ1) is 9.06. The molecule has 0 amide bonds. The van der Waals surface area contributed by atoms with Gasteiger partial charge in [-0.25, -0.2) is 4.98 Å². The van der Waals surface area contributed by atoms with Crippen molar-refractivity contribution in [3.63, 3.8) is 0 Å². The highest BCUT2D eigenvalue weighted by Gasteiger charge is 2.09. The SMILES string of the molecule is Nc1ncccc1CC(N)Cc1ccc(Cl)c(Cl)c1. The summed E-state index contributed by atoms with van der Waals surface area (Å²) in [5, 5.41) is 1.10. The van der Waals surface area contributed by atoms with Crippen molar-refractivity contribution < 1.29 is 0 Å². The second kappa shape index (κ2) is 6.24. The molecule has 1 atom stereocenters. The van der Waals surface area contributed by atoms with Gasteiger partial charge in [0, 0.05) is 12.2 Å². The molecule has 0 aliphatic heterocycles. The van der Waals surface area contributed by atoms with Gasteiger partial charge in [0.25, 0.3) is 0 Å². The maximum Gasteiger partial charge on any atom is 0.126 e. The van der Waals surface area contributed by atoms with Crippen LogP contribution in [0.2, 0.25) is 10.0 Å². The molecule has 0 saturated heterocycles. The second-order valence-electron chi connectivity index (χ2n) is 4.46. The highest BCUT2D eigenvalue weighted by atomic mass is 35.5. The number of hydrogen-bond donors (Lipinski definition) is 2. The zero-order valence-corrected chi connectivity index (χ0v) is 11.8. The van der Waals surface area contributed by atoms with Crippen LogP contribution in [0.25, 0.3) is 0 Å². The van der Waals surface area contributed by atoms with E-state index in [4.69, 9.17) is 34.7 Å². The number of pyridine rings is 1. The lowest BCUT2D eigenvalue weighted by Gasteiger charge is -2.13. The molecule has 2 rings (SSSR count). The number of nitrogens with zero attached hydrogens (tertiary/aromatic N) is 1. The van der Waals surface area contributed by atoms with E-state index in [9.17, 15) is 0 Å². The molecule has 0 aliphatic rings. The Hall–Kier alpha value is -1.29. The Bertz CT molecular complexity index is 572. The van der Waals surface area contributed by atoms with Crippen LogP contribution in [0.4, 0.5) is 5.82 Å². The van der Waals surface area contributed by atoms with E-state index in [0.717, 1.165) is 11.1 Å². The van der Waals surface area contributed by atoms with Crippen LogP contribution >= 0.6 is 23.2 Å². The van der Waals surface area contributed by atoms with E-state index < -0.39 is 0 Å². The van der Waals surface area contributed by atoms with Crippen LogP contribution in [-0.2, 0) is 12.8 Å². The minimum absolute atomic E-state index is 0.0382. The summed E-state index contributed by atoms with van der Waals surface area (Å²) in [6.07, 6.45) is 3.06. The van der Waals surface area contributed by atoms with Crippen molar-refractivity contribution in [2.24, 2.45) is 5.73 Å². The molecule has 0 fully saturated rings. The molecular weight excluding hydrogens is 281 g/mol. The molecule has 1 heterocycles. The van der Waals surface area contributed by atoms with Crippen LogP contribution < -0.4 is 11.5 Å². The van der Waals surface area contributed by atoms with Crippen molar-refractivity contribution in [1.82, 2.24) is 4.98 Å². The molecule has 1 aromatic heterocycles. The van der Waals surface area contributed by atoms with Gasteiger partial charge in [0.15, 0.2) is 0 Å². The fourth-order valence-corrected chi connectivity index (χ4v) is 2.27. The maximum absolute atomic E-state index is 6.14. The smallest absolute Gasteiger partial charge is 0.126 e. The van der Waals surface area contributed by atoms with E-state index in [1.807, 2.05) is 24.3 Å². The van der Waals surface area contributed by atoms with E-state index in [0.29, 0.717) is 28.7 Å². The van der Waals surface area contributed by atoms with Crippen molar-refractivity contribution in [3.8, 4) is 0 Å². The highest BCUT2D eigenvalue weighted by Crippen LogP contribution is 2.23. The first-order valence-electron chi connectivity index (χ1n) is 5.95. The van der Waals surface area contributed by atoms with Crippen molar-refractivity contribution in [3.05, 3.63) is 57.7 Å². The number of nitrogens with two attached hydrogens (primary N) is 2. The fraction of sp³-hybridized carbons (Fsp3) is 0.214. The molecule has 19 heavy (non-hydrogen) atoms. The van der Waals surface area contributed by atoms with E-state index >= 15 is 0 Å². The van der Waals surface area contributed by atoms with Crippen molar-refractivity contribution in [1.29, 1.82) is 0 Å². The number of hydrogen-bond acceptors (Lipinski definition) is 3. The van der Waals surface area contributed by atoms with Gasteiger partial charge in [-0.15, -0.1) is 0 Å². The molecule has 4 N–H and O–H groups in total. The summed E-state index contributed by atoms with van der Waals surface area (Å²) < 4.78 is 0. The quantitative estimate of drug-likeness (QED) is 0.911. The van der Waals surface area contributed by atoms with Crippen molar-refractivity contribution in [2.75, 3.05) is 5.73 Å². The summed E-state index contributed by atoms with van der Waals surface area (Å²) in [4.78, 5) is 4.05. The Labute approximate surface area is 122 Å². The van der Waals surface area contributed by atoms with E-state index in [1.165, 1.54) is 0 Å². The average molecular weight is 296 g/mol. The van der Waals surface area contributed by atoms with Crippen LogP contribution in [0.5, 0.6) is 0 Å². The third-order valence-corrected chi connectivity index (χ3v) is 3.63. The maximum atomic E-state index is 6.14. The molecule has 1 unspecified atom stereocenters. The van der Waals surface area contributed by atoms with Crippen molar-refractivity contribution in [2.45, 2.75) is 18.9 Å². The first kappa shape index (κ1) is 14.1. The molecule has 3 nitrogen and oxygen atoms in total. The van der Waals surface area contributed by atoms with E-state index in [2.05, 4.69) is 4.98 Å². The molecule has 0 spiro atoms. The van der Waals surface area contributed by atoms with Gasteiger partial charge >= 0.3 is 0 Å². The van der Waals surface area contributed by atoms with Gasteiger partial charge < -0.3 is 11.5 Å². The minimum Gasteiger partial charge on any atom is -0.383 e. The molecule has 2 aromatic rings. The number of anilines is 1. The lowest BCUT2D eigenvalue weighted by Crippen LogP contribution is -2.26. The van der Waals surface area contributed by atoms with Gasteiger partial charge in [0.05, 0.1) is 10.0 Å². The third-order valence-electron chi connectivity index (χ3n) is 2.89. The molecular formula is C14H15Cl2N3. The molecule has 0 radical (unpaired) electrons. The lowest BCUT2D eigenvalue weighted by atomic mass is 10.0. The zero-order valence-electron chi connectivity index (χ0n) is 10.3. The van der Waals surface area contributed by atoms with Gasteiger partial charge in [-0.05, 0) is 42.2 Å². The normalized spacial score (nSPS) is 12.4. The van der Waals surface area contributed by atoms with Crippen LogP contribution in [0.1, 0.15) is 11.1 Å². The van der Waals surface area contributed by atoms with Gasteiger partial charge in [-0.3, -0.25) is 0 Å². The summed E-state index contributed by atoms with van der Waals surface area (Å²) in [7, 11) is 0. The van der Waals surface area contributed by atoms with Crippen LogP contribution in [0.3, 0.4) is 0 Å². The Kier molecular flexibility index (Phi) is 4.64. The predicted octanol–water partition coefficient (Wildman–Crippen LogP) is 3.08. The summed E-state index contributed by atoms with van der Waals surface area (Å²) >= 11 is 11.9. The summed E-state index contributed by atoms with van der Waals surface area (Å²) in [6.45, 7) is 0. The van der Waals surface area contributed by atoms with E-state index in [1.54, 1.807) is 12.3 Å². The highest BCUT2D eigenvalue weighted by molar-refractivity contribution is 6.42. The number of rotatable bonds is 4. The summed E-state index contributed by atoms with van der Waals surface area (Å²) in [6, 6.07) is 9.32. The number of nitrogen functional groups attached to an aromatic ring is 1. The fourth-order valence-electron chi connectivity index (χ4n) is 1.95. The molecule has 0 aliphatic carbocycles. The Morgan fingerprint density at radius 3 is 2.58 bits per heavy atom. The Balaban J connectivity index is 2.03.